The van der Waals surface area contributed by atoms with E-state index in [0.29, 0.717) is 17.3 Å². The maximum absolute atomic E-state index is 12.6. The van der Waals surface area contributed by atoms with Crippen molar-refractivity contribution < 1.29 is 9.53 Å². The van der Waals surface area contributed by atoms with Gasteiger partial charge in [0.05, 0.1) is 6.61 Å². The molecule has 0 N–H and O–H groups in total. The number of carbonyl (C=O) groups excluding carboxylic acids is 1. The van der Waals surface area contributed by atoms with Gasteiger partial charge in [0.15, 0.2) is 5.65 Å². The molecule has 0 fully saturated rings. The van der Waals surface area contributed by atoms with Crippen molar-refractivity contribution in [1.29, 1.82) is 0 Å². The van der Waals surface area contributed by atoms with E-state index in [1.807, 2.05) is 6.92 Å². The zero-order chi connectivity index (χ0) is 18.7. The molecule has 0 bridgehead atoms. The van der Waals surface area contributed by atoms with Crippen molar-refractivity contribution >= 4 is 28.8 Å². The average Bonchev–Trinajstić information content (AvgIpc) is 2.58. The number of aromatic nitrogens is 4. The van der Waals surface area contributed by atoms with E-state index in [1.54, 1.807) is 20.9 Å². The Morgan fingerprint density at radius 1 is 1.20 bits per heavy atom. The predicted octanol–water partition coefficient (Wildman–Crippen LogP) is 1.02. The van der Waals surface area contributed by atoms with E-state index in [0.717, 1.165) is 22.7 Å². The lowest BCUT2D eigenvalue weighted by molar-refractivity contribution is -0.142. The van der Waals surface area contributed by atoms with Crippen LogP contribution in [0.5, 0.6) is 0 Å². The average molecular weight is 366 g/mol. The van der Waals surface area contributed by atoms with Crippen LogP contribution in [0.2, 0.25) is 0 Å². The molecule has 2 heterocycles. The van der Waals surface area contributed by atoms with E-state index < -0.39 is 16.5 Å². The fourth-order valence-electron chi connectivity index (χ4n) is 2.37. The highest BCUT2D eigenvalue weighted by Crippen LogP contribution is 2.27. The SMILES string of the molecule is CCCc1nc(S[C@@H](C)C(=O)OCC)c2c(=O)n(C)c(=O)n(C)c2n1. The first-order valence-corrected chi connectivity index (χ1v) is 8.99. The summed E-state index contributed by atoms with van der Waals surface area (Å²) in [5.74, 6) is 0.162. The molecule has 1 atom stereocenters. The molecule has 136 valence electrons. The fourth-order valence-corrected chi connectivity index (χ4v) is 3.32. The lowest BCUT2D eigenvalue weighted by atomic mass is 10.3. The molecule has 2 aromatic rings. The molecule has 0 saturated carbocycles. The molecule has 0 radical (unpaired) electrons. The summed E-state index contributed by atoms with van der Waals surface area (Å²) < 4.78 is 7.37. The quantitative estimate of drug-likeness (QED) is 0.428. The van der Waals surface area contributed by atoms with Crippen molar-refractivity contribution in [2.45, 2.75) is 43.9 Å². The summed E-state index contributed by atoms with van der Waals surface area (Å²) in [7, 11) is 2.98. The maximum Gasteiger partial charge on any atom is 0.332 e. The van der Waals surface area contributed by atoms with Gasteiger partial charge in [0, 0.05) is 20.5 Å². The second-order valence-corrected chi connectivity index (χ2v) is 6.94. The zero-order valence-electron chi connectivity index (χ0n) is 15.0. The minimum atomic E-state index is -0.533. The van der Waals surface area contributed by atoms with Gasteiger partial charge in [0.2, 0.25) is 0 Å². The van der Waals surface area contributed by atoms with Gasteiger partial charge < -0.3 is 4.74 Å². The summed E-state index contributed by atoms with van der Waals surface area (Å²) in [6, 6.07) is 0. The van der Waals surface area contributed by atoms with Crippen molar-refractivity contribution in [3.05, 3.63) is 26.7 Å². The Morgan fingerprint density at radius 2 is 1.88 bits per heavy atom. The van der Waals surface area contributed by atoms with Gasteiger partial charge in [-0.15, -0.1) is 0 Å². The van der Waals surface area contributed by atoms with Crippen LogP contribution in [0.3, 0.4) is 0 Å². The van der Waals surface area contributed by atoms with Gasteiger partial charge in [-0.1, -0.05) is 18.7 Å². The molecule has 0 aliphatic heterocycles. The first-order chi connectivity index (χ1) is 11.8. The summed E-state index contributed by atoms with van der Waals surface area (Å²) in [4.78, 5) is 45.6. The molecule has 25 heavy (non-hydrogen) atoms. The van der Waals surface area contributed by atoms with Gasteiger partial charge in [-0.05, 0) is 20.3 Å². The molecule has 2 rings (SSSR count). The summed E-state index contributed by atoms with van der Waals surface area (Å²) in [5.41, 5.74) is -0.641. The molecule has 8 nitrogen and oxygen atoms in total. The Hall–Kier alpha value is -2.16. The van der Waals surface area contributed by atoms with Crippen LogP contribution < -0.4 is 11.2 Å². The Kier molecular flexibility index (Phi) is 5.99. The second-order valence-electron chi connectivity index (χ2n) is 5.61. The van der Waals surface area contributed by atoms with Crippen LogP contribution in [0.1, 0.15) is 33.0 Å². The van der Waals surface area contributed by atoms with Gasteiger partial charge in [-0.3, -0.25) is 18.7 Å². The van der Waals surface area contributed by atoms with Gasteiger partial charge in [-0.25, -0.2) is 14.8 Å². The molecule has 0 aromatic carbocycles. The smallest absolute Gasteiger partial charge is 0.332 e. The number of nitrogens with zero attached hydrogens (tertiary/aromatic N) is 4. The lowest BCUT2D eigenvalue weighted by Gasteiger charge is -2.14. The summed E-state index contributed by atoms with van der Waals surface area (Å²) in [6.45, 7) is 5.71. The molecular weight excluding hydrogens is 344 g/mol. The number of ether oxygens (including phenoxy) is 1. The first-order valence-electron chi connectivity index (χ1n) is 8.11. The Balaban J connectivity index is 2.70. The summed E-state index contributed by atoms with van der Waals surface area (Å²) in [6.07, 6.45) is 1.43. The van der Waals surface area contributed by atoms with Crippen LogP contribution in [-0.2, 0) is 30.0 Å². The number of aryl methyl sites for hydroxylation is 2. The molecular formula is C16H22N4O4S. The van der Waals surface area contributed by atoms with Gasteiger partial charge in [0.1, 0.15) is 21.5 Å². The van der Waals surface area contributed by atoms with E-state index >= 15 is 0 Å². The number of esters is 1. The summed E-state index contributed by atoms with van der Waals surface area (Å²) >= 11 is 1.14. The number of hydrogen-bond donors (Lipinski definition) is 0. The molecule has 2 aromatic heterocycles. The summed E-state index contributed by atoms with van der Waals surface area (Å²) in [5, 5.41) is 0.102. The highest BCUT2D eigenvalue weighted by Gasteiger charge is 2.22. The lowest BCUT2D eigenvalue weighted by Crippen LogP contribution is -2.38. The van der Waals surface area contributed by atoms with Crippen LogP contribution >= 0.6 is 11.8 Å². The van der Waals surface area contributed by atoms with E-state index in [2.05, 4.69) is 9.97 Å². The third kappa shape index (κ3) is 3.76. The Morgan fingerprint density at radius 3 is 2.48 bits per heavy atom. The predicted molar refractivity (Wildman–Crippen MR) is 96.0 cm³/mol. The van der Waals surface area contributed by atoms with Crippen LogP contribution in [-0.4, -0.2) is 36.9 Å². The highest BCUT2D eigenvalue weighted by molar-refractivity contribution is 8.00. The standard InChI is InChI=1S/C16H22N4O4S/c1-6-8-10-17-12-11(14(21)20(5)16(23)19(12)4)13(18-10)25-9(3)15(22)24-7-2/h9H,6-8H2,1-5H3/t9-/m0/s1. The van der Waals surface area contributed by atoms with Crippen molar-refractivity contribution in [2.24, 2.45) is 14.1 Å². The molecule has 9 heteroatoms. The van der Waals surface area contributed by atoms with Crippen molar-refractivity contribution in [3.8, 4) is 0 Å². The minimum absolute atomic E-state index is 0.241. The number of carbonyl (C=O) groups is 1. The first kappa shape index (κ1) is 19.2. The highest BCUT2D eigenvalue weighted by atomic mass is 32.2. The molecule has 0 saturated heterocycles. The number of thioether (sulfide) groups is 1. The third-order valence-corrected chi connectivity index (χ3v) is 4.76. The van der Waals surface area contributed by atoms with E-state index in [4.69, 9.17) is 4.74 Å². The number of fused-ring (bicyclic) bond motifs is 1. The minimum Gasteiger partial charge on any atom is -0.465 e. The monoisotopic (exact) mass is 366 g/mol. The Labute approximate surface area is 149 Å². The van der Waals surface area contributed by atoms with Crippen LogP contribution in [0.25, 0.3) is 11.0 Å². The van der Waals surface area contributed by atoms with Gasteiger partial charge in [0.25, 0.3) is 5.56 Å². The van der Waals surface area contributed by atoms with Crippen molar-refractivity contribution in [3.63, 3.8) is 0 Å². The molecule has 0 aliphatic rings. The van der Waals surface area contributed by atoms with Crippen molar-refractivity contribution in [1.82, 2.24) is 19.1 Å². The molecule has 0 unspecified atom stereocenters. The topological polar surface area (TPSA) is 96.1 Å². The van der Waals surface area contributed by atoms with Gasteiger partial charge in [-0.2, -0.15) is 0 Å². The van der Waals surface area contributed by atoms with Crippen molar-refractivity contribution in [2.75, 3.05) is 6.61 Å². The van der Waals surface area contributed by atoms with Gasteiger partial charge >= 0.3 is 11.7 Å². The van der Waals surface area contributed by atoms with Crippen LogP contribution in [0.15, 0.2) is 14.6 Å². The maximum atomic E-state index is 12.6. The Bertz CT molecular complexity index is 919. The number of hydrogen-bond acceptors (Lipinski definition) is 7. The second kappa shape index (κ2) is 7.81. The largest absolute Gasteiger partial charge is 0.465 e. The molecule has 0 aliphatic carbocycles. The van der Waals surface area contributed by atoms with E-state index in [1.165, 1.54) is 11.6 Å². The van der Waals surface area contributed by atoms with Crippen LogP contribution in [0.4, 0.5) is 0 Å². The molecule has 0 spiro atoms. The third-order valence-electron chi connectivity index (χ3n) is 3.69. The fraction of sp³-hybridized carbons (Fsp3) is 0.562. The number of rotatable bonds is 6. The normalized spacial score (nSPS) is 12.4. The van der Waals surface area contributed by atoms with Crippen LogP contribution in [0, 0.1) is 0 Å². The zero-order valence-corrected chi connectivity index (χ0v) is 15.8. The van der Waals surface area contributed by atoms with E-state index in [-0.39, 0.29) is 23.6 Å². The van der Waals surface area contributed by atoms with E-state index in [9.17, 15) is 14.4 Å². The molecule has 0 amide bonds.